The lowest BCUT2D eigenvalue weighted by atomic mass is 9.91. The van der Waals surface area contributed by atoms with Crippen LogP contribution in [0, 0.1) is 5.82 Å². The van der Waals surface area contributed by atoms with Crippen LogP contribution in [0.25, 0.3) is 5.57 Å². The van der Waals surface area contributed by atoms with E-state index in [1.165, 1.54) is 23.9 Å². The average Bonchev–Trinajstić information content (AvgIpc) is 3.24. The van der Waals surface area contributed by atoms with Crippen LogP contribution in [0.4, 0.5) is 10.1 Å². The first-order chi connectivity index (χ1) is 19.0. The molecule has 1 saturated heterocycles. The molecular formula is C32H29FN2O2S2. The van der Waals surface area contributed by atoms with Crippen LogP contribution in [0.5, 0.6) is 5.75 Å². The lowest BCUT2D eigenvalue weighted by Gasteiger charge is -2.33. The van der Waals surface area contributed by atoms with Crippen LogP contribution < -0.4 is 9.64 Å². The fourth-order valence-corrected chi connectivity index (χ4v) is 6.03. The Bertz CT molecular complexity index is 1460. The van der Waals surface area contributed by atoms with Gasteiger partial charge in [-0.1, -0.05) is 79.4 Å². The molecule has 0 unspecified atom stereocenters. The molecule has 1 amide bonds. The van der Waals surface area contributed by atoms with E-state index in [1.54, 1.807) is 17.0 Å². The summed E-state index contributed by atoms with van der Waals surface area (Å²) in [6.07, 6.45) is 7.25. The Labute approximate surface area is 238 Å². The predicted octanol–water partition coefficient (Wildman–Crippen LogP) is 7.73. The molecule has 2 heterocycles. The Kier molecular flexibility index (Phi) is 8.29. The number of benzene rings is 3. The average molecular weight is 557 g/mol. The number of anilines is 1. The molecule has 4 nitrogen and oxygen atoms in total. The number of ether oxygens (including phenoxy) is 1. The van der Waals surface area contributed by atoms with Crippen molar-refractivity contribution < 1.29 is 13.9 Å². The number of likely N-dealkylation sites (N-methyl/N-ethyl adjacent to an activating group) is 1. The minimum atomic E-state index is -0.268. The number of amides is 1. The maximum Gasteiger partial charge on any atom is 0.266 e. The molecule has 0 spiro atoms. The minimum Gasteiger partial charge on any atom is -0.489 e. The molecule has 0 radical (unpaired) electrons. The predicted molar refractivity (Wildman–Crippen MR) is 162 cm³/mol. The molecule has 0 aromatic heterocycles. The molecule has 7 heteroatoms. The zero-order valence-corrected chi connectivity index (χ0v) is 23.5. The number of rotatable bonds is 8. The maximum absolute atomic E-state index is 13.3. The molecule has 39 heavy (non-hydrogen) atoms. The smallest absolute Gasteiger partial charge is 0.266 e. The third-order valence-corrected chi connectivity index (χ3v) is 8.10. The first-order valence-corrected chi connectivity index (χ1v) is 14.2. The number of thiocarbonyl (C=S) groups is 1. The molecule has 2 aliphatic rings. The van der Waals surface area contributed by atoms with Gasteiger partial charge < -0.3 is 9.64 Å². The first-order valence-electron chi connectivity index (χ1n) is 13.0. The summed E-state index contributed by atoms with van der Waals surface area (Å²) >= 11 is 6.80. The van der Waals surface area contributed by atoms with Crippen LogP contribution in [0.3, 0.4) is 0 Å². The number of para-hydroxylation sites is 1. The Morgan fingerprint density at radius 1 is 1.03 bits per heavy atom. The highest BCUT2D eigenvalue weighted by molar-refractivity contribution is 8.26. The zero-order chi connectivity index (χ0) is 27.4. The molecule has 1 atom stereocenters. The molecule has 3 aromatic rings. The van der Waals surface area contributed by atoms with Crippen LogP contribution in [0.2, 0.25) is 0 Å². The lowest BCUT2D eigenvalue weighted by molar-refractivity contribution is -0.122. The quantitative estimate of drug-likeness (QED) is 0.209. The molecule has 1 fully saturated rings. The van der Waals surface area contributed by atoms with E-state index in [9.17, 15) is 9.18 Å². The van der Waals surface area contributed by atoms with Gasteiger partial charge in [0.15, 0.2) is 0 Å². The van der Waals surface area contributed by atoms with Gasteiger partial charge in [-0.05, 0) is 78.1 Å². The van der Waals surface area contributed by atoms with Crippen molar-refractivity contribution >= 4 is 45.5 Å². The van der Waals surface area contributed by atoms with Crippen LogP contribution in [0.1, 0.15) is 31.4 Å². The number of carbonyl (C=O) groups excluding carboxylic acids is 1. The summed E-state index contributed by atoms with van der Waals surface area (Å²) in [6.45, 7) is 4.98. The summed E-state index contributed by atoms with van der Waals surface area (Å²) < 4.78 is 19.9. The molecule has 2 aliphatic heterocycles. The third kappa shape index (κ3) is 6.00. The van der Waals surface area contributed by atoms with E-state index >= 15 is 0 Å². The summed E-state index contributed by atoms with van der Waals surface area (Å²) in [4.78, 5) is 17.6. The lowest BCUT2D eigenvalue weighted by Crippen LogP contribution is -2.31. The van der Waals surface area contributed by atoms with E-state index < -0.39 is 0 Å². The van der Waals surface area contributed by atoms with Crippen LogP contribution in [0.15, 0.2) is 108 Å². The summed E-state index contributed by atoms with van der Waals surface area (Å²) in [5.41, 5.74) is 4.93. The largest absolute Gasteiger partial charge is 0.489 e. The Morgan fingerprint density at radius 2 is 1.79 bits per heavy atom. The Hall–Kier alpha value is -3.68. The number of thioether (sulfide) groups is 1. The molecular weight excluding hydrogens is 527 g/mol. The number of carbonyl (C=O) groups is 1. The monoisotopic (exact) mass is 556 g/mol. The molecule has 3 aromatic carbocycles. The molecule has 198 valence electrons. The van der Waals surface area contributed by atoms with Crippen molar-refractivity contribution in [3.63, 3.8) is 0 Å². The summed E-state index contributed by atoms with van der Waals surface area (Å²) in [7, 11) is 0. The van der Waals surface area contributed by atoms with Crippen molar-refractivity contribution in [2.75, 3.05) is 11.4 Å². The fourth-order valence-electron chi connectivity index (χ4n) is 4.66. The summed E-state index contributed by atoms with van der Waals surface area (Å²) in [5, 5.41) is 0. The normalized spacial score (nSPS) is 18.4. The van der Waals surface area contributed by atoms with Crippen molar-refractivity contribution in [2.45, 2.75) is 32.9 Å². The Balaban J connectivity index is 1.51. The molecule has 0 saturated carbocycles. The number of nitrogens with zero attached hydrogens (tertiary/aromatic N) is 2. The number of hydrogen-bond acceptors (Lipinski definition) is 5. The first kappa shape index (κ1) is 26.9. The van der Waals surface area contributed by atoms with E-state index in [-0.39, 0.29) is 17.8 Å². The topological polar surface area (TPSA) is 32.8 Å². The van der Waals surface area contributed by atoms with Gasteiger partial charge >= 0.3 is 0 Å². The maximum atomic E-state index is 13.3. The summed E-state index contributed by atoms with van der Waals surface area (Å²) in [5.74, 6) is 0.385. The van der Waals surface area contributed by atoms with Gasteiger partial charge in [0.2, 0.25) is 0 Å². The van der Waals surface area contributed by atoms with Gasteiger partial charge in [0.1, 0.15) is 22.5 Å². The number of hydrogen-bond donors (Lipinski definition) is 0. The second kappa shape index (κ2) is 12.0. The van der Waals surface area contributed by atoms with E-state index in [0.29, 0.717) is 28.1 Å². The second-order valence-electron chi connectivity index (χ2n) is 9.25. The molecule has 0 bridgehead atoms. The molecule has 0 aliphatic carbocycles. The molecule has 5 rings (SSSR count). The van der Waals surface area contributed by atoms with E-state index in [4.69, 9.17) is 17.0 Å². The van der Waals surface area contributed by atoms with Crippen molar-refractivity contribution in [1.82, 2.24) is 4.90 Å². The summed E-state index contributed by atoms with van der Waals surface area (Å²) in [6, 6.07) is 24.7. The van der Waals surface area contributed by atoms with Crippen LogP contribution in [-0.2, 0) is 11.4 Å². The SMILES string of the molecule is CC[C@H]1C=C(c2cccc(OCc3ccc(F)cc3)c2)C(/C=C2/SC(=S)N(CC)C2=O)=CN1c1ccccc1. The fraction of sp³-hybridized carbons (Fsp3) is 0.188. The highest BCUT2D eigenvalue weighted by atomic mass is 32.2. The van der Waals surface area contributed by atoms with Crippen LogP contribution >= 0.6 is 24.0 Å². The standard InChI is InChI=1S/C32H29FN2O2S2/c1-3-26-19-29(23-9-8-12-28(17-23)37-21-22-13-15-25(33)16-14-22)24(20-35(26)27-10-6-5-7-11-27)18-30-31(36)34(4-2)32(38)39-30/h5-20,26H,3-4,21H2,1-2H3/b30-18+/t26-/m0/s1. The minimum absolute atomic E-state index is 0.0620. The number of halogens is 1. The van der Waals surface area contributed by atoms with E-state index in [1.807, 2.05) is 49.4 Å². The highest BCUT2D eigenvalue weighted by Crippen LogP contribution is 2.38. The van der Waals surface area contributed by atoms with Crippen molar-refractivity contribution in [3.8, 4) is 5.75 Å². The second-order valence-corrected chi connectivity index (χ2v) is 10.9. The van der Waals surface area contributed by atoms with Gasteiger partial charge in [0, 0.05) is 18.4 Å². The van der Waals surface area contributed by atoms with Gasteiger partial charge in [-0.15, -0.1) is 0 Å². The van der Waals surface area contributed by atoms with Crippen molar-refractivity contribution in [3.05, 3.63) is 125 Å². The van der Waals surface area contributed by atoms with E-state index in [2.05, 4.69) is 42.3 Å². The van der Waals surface area contributed by atoms with Crippen molar-refractivity contribution in [2.24, 2.45) is 0 Å². The number of allylic oxidation sites excluding steroid dienone is 3. The van der Waals surface area contributed by atoms with Gasteiger partial charge in [0.25, 0.3) is 5.91 Å². The molecule has 0 N–H and O–H groups in total. The third-order valence-electron chi connectivity index (χ3n) is 6.72. The highest BCUT2D eigenvalue weighted by Gasteiger charge is 2.32. The Morgan fingerprint density at radius 3 is 2.49 bits per heavy atom. The zero-order valence-electron chi connectivity index (χ0n) is 21.8. The van der Waals surface area contributed by atoms with Gasteiger partial charge in [-0.3, -0.25) is 9.69 Å². The van der Waals surface area contributed by atoms with Crippen molar-refractivity contribution in [1.29, 1.82) is 0 Å². The van der Waals surface area contributed by atoms with Crippen LogP contribution in [-0.4, -0.2) is 27.7 Å². The van der Waals surface area contributed by atoms with Gasteiger partial charge in [-0.2, -0.15) is 0 Å². The van der Waals surface area contributed by atoms with E-state index in [0.717, 1.165) is 34.4 Å². The van der Waals surface area contributed by atoms with Gasteiger partial charge in [-0.25, -0.2) is 4.39 Å². The van der Waals surface area contributed by atoms with Gasteiger partial charge in [0.05, 0.1) is 10.9 Å².